The van der Waals surface area contributed by atoms with Gasteiger partial charge in [0, 0.05) is 39.0 Å². The fraction of sp³-hybridized carbons (Fsp3) is 0.545. The Morgan fingerprint density at radius 1 is 1.11 bits per heavy atom. The Balaban J connectivity index is 1.91. The molecule has 0 spiro atoms. The molecule has 0 saturated carbocycles. The third kappa shape index (κ3) is 5.73. The number of rotatable bonds is 9. The van der Waals surface area contributed by atoms with Crippen LogP contribution in [0.4, 0.5) is 18.9 Å². The maximum absolute atomic E-state index is 13.6. The summed E-state index contributed by atoms with van der Waals surface area (Å²) in [5, 5.41) is 0.974. The Kier molecular flexibility index (Phi) is 8.48. The van der Waals surface area contributed by atoms with Crippen molar-refractivity contribution in [2.45, 2.75) is 48.0 Å². The monoisotopic (exact) mass is 569 g/mol. The topological polar surface area (TPSA) is 96.0 Å². The van der Waals surface area contributed by atoms with Crippen LogP contribution in [0.15, 0.2) is 46.0 Å². The van der Waals surface area contributed by atoms with Crippen LogP contribution in [0.3, 0.4) is 0 Å². The van der Waals surface area contributed by atoms with Gasteiger partial charge in [0.15, 0.2) is 5.60 Å². The summed E-state index contributed by atoms with van der Waals surface area (Å²) in [5.74, 6) is 0. The van der Waals surface area contributed by atoms with Crippen molar-refractivity contribution in [3.8, 4) is 0 Å². The number of hydrogen-bond acceptors (Lipinski definition) is 7. The molecule has 0 bridgehead atoms. The van der Waals surface area contributed by atoms with Crippen molar-refractivity contribution in [2.75, 3.05) is 38.2 Å². The van der Waals surface area contributed by atoms with E-state index in [0.717, 1.165) is 25.4 Å². The second-order valence-corrected chi connectivity index (χ2v) is 14.3. The van der Waals surface area contributed by atoms with E-state index in [0.29, 0.717) is 5.69 Å². The molecule has 2 aromatic rings. The lowest BCUT2D eigenvalue weighted by molar-refractivity contribution is -0.269. The molecule has 202 valence electrons. The van der Waals surface area contributed by atoms with Crippen LogP contribution in [-0.4, -0.2) is 71.9 Å². The summed E-state index contributed by atoms with van der Waals surface area (Å²) in [5.41, 5.74) is -2.04. The van der Waals surface area contributed by atoms with E-state index in [-0.39, 0.29) is 36.0 Å². The van der Waals surface area contributed by atoms with Crippen LogP contribution >= 0.6 is 11.3 Å². The number of hydrogen-bond donors (Lipinski definition) is 1. The van der Waals surface area contributed by atoms with Crippen LogP contribution in [0.25, 0.3) is 0 Å². The lowest BCUT2D eigenvalue weighted by Crippen LogP contribution is -2.58. The first kappa shape index (κ1) is 28.9. The molecule has 36 heavy (non-hydrogen) atoms. The van der Waals surface area contributed by atoms with E-state index in [4.69, 9.17) is 4.74 Å². The highest BCUT2D eigenvalue weighted by atomic mass is 32.2. The van der Waals surface area contributed by atoms with Crippen LogP contribution in [0, 0.1) is 0 Å². The summed E-state index contributed by atoms with van der Waals surface area (Å²) < 4.78 is 101. The van der Waals surface area contributed by atoms with Crippen molar-refractivity contribution in [1.82, 2.24) is 9.03 Å². The molecule has 1 aliphatic rings. The van der Waals surface area contributed by atoms with Gasteiger partial charge in [-0.15, -0.1) is 11.3 Å². The van der Waals surface area contributed by atoms with E-state index in [1.165, 1.54) is 48.5 Å². The lowest BCUT2D eigenvalue weighted by Gasteiger charge is -2.42. The number of benzene rings is 1. The molecule has 1 fully saturated rings. The van der Waals surface area contributed by atoms with Gasteiger partial charge >= 0.3 is 6.18 Å². The molecule has 2 atom stereocenters. The zero-order valence-electron chi connectivity index (χ0n) is 20.3. The summed E-state index contributed by atoms with van der Waals surface area (Å²) in [6.45, 7) is 4.28. The normalized spacial score (nSPS) is 20.0. The molecule has 8 nitrogen and oxygen atoms in total. The quantitative estimate of drug-likeness (QED) is 0.498. The third-order valence-electron chi connectivity index (χ3n) is 6.37. The van der Waals surface area contributed by atoms with E-state index in [9.17, 15) is 30.0 Å². The van der Waals surface area contributed by atoms with Crippen LogP contribution < -0.4 is 9.62 Å². The molecular weight excluding hydrogens is 539 g/mol. The van der Waals surface area contributed by atoms with Gasteiger partial charge in [0.1, 0.15) is 4.21 Å². The molecule has 14 heteroatoms. The van der Waals surface area contributed by atoms with Crippen LogP contribution in [-0.2, 0) is 30.4 Å². The number of alkyl halides is 3. The van der Waals surface area contributed by atoms with Crippen LogP contribution in [0.5, 0.6) is 0 Å². The highest BCUT2D eigenvalue weighted by Gasteiger charge is 2.53. The molecule has 0 radical (unpaired) electrons. The molecule has 2 heterocycles. The maximum atomic E-state index is 13.6. The van der Waals surface area contributed by atoms with Crippen molar-refractivity contribution in [3.63, 3.8) is 0 Å². The molecule has 0 amide bonds. The van der Waals surface area contributed by atoms with E-state index in [2.05, 4.69) is 4.72 Å². The van der Waals surface area contributed by atoms with E-state index < -0.39 is 43.1 Å². The first-order chi connectivity index (χ1) is 16.6. The van der Waals surface area contributed by atoms with Gasteiger partial charge in [-0.3, -0.25) is 0 Å². The number of halogens is 3. The van der Waals surface area contributed by atoms with Crippen LogP contribution in [0.1, 0.15) is 26.3 Å². The number of nitrogens with one attached hydrogen (secondary N) is 1. The van der Waals surface area contributed by atoms with Crippen molar-refractivity contribution in [1.29, 1.82) is 0 Å². The summed E-state index contributed by atoms with van der Waals surface area (Å²) in [6.07, 6.45) is -4.64. The second-order valence-electron chi connectivity index (χ2n) is 8.87. The minimum Gasteiger partial charge on any atom is -0.365 e. The molecule has 3 rings (SSSR count). The summed E-state index contributed by atoms with van der Waals surface area (Å²) in [6, 6.07) is 8.20. The Morgan fingerprint density at radius 3 is 2.25 bits per heavy atom. The number of methoxy groups -OCH3 is 1. The second kappa shape index (κ2) is 10.6. The summed E-state index contributed by atoms with van der Waals surface area (Å²) >= 11 is 1.09. The Bertz CT molecular complexity index is 1230. The molecule has 2 unspecified atom stereocenters. The lowest BCUT2D eigenvalue weighted by atomic mass is 9.94. The minimum atomic E-state index is -4.64. The number of nitrogens with zero attached hydrogens (tertiary/aromatic N) is 2. The Hall–Kier alpha value is -1.71. The van der Waals surface area contributed by atoms with Crippen molar-refractivity contribution < 1.29 is 34.7 Å². The van der Waals surface area contributed by atoms with E-state index in [1.54, 1.807) is 11.4 Å². The standard InChI is InChI=1S/C22H30F3N3O5S3/c1-16(2)35(29,30)26-14-19-15-27(36(31,32)20-6-5-13-34-20)11-12-28(19)18-9-7-17(8-10-18)21(3,33-4)22(23,24)25/h5-10,13,16,19,26H,11-12,14-15H2,1-4H3. The number of piperazine rings is 1. The molecule has 0 aliphatic carbocycles. The average molecular weight is 570 g/mol. The first-order valence-corrected chi connectivity index (χ1v) is 15.0. The number of anilines is 1. The predicted octanol–water partition coefficient (Wildman–Crippen LogP) is 3.38. The van der Waals surface area contributed by atoms with Crippen molar-refractivity contribution in [3.05, 3.63) is 47.3 Å². The SMILES string of the molecule is COC(C)(c1ccc(N2CCN(S(=O)(=O)c3cccs3)CC2CNS(=O)(=O)C(C)C)cc1)C(F)(F)F. The zero-order valence-corrected chi connectivity index (χ0v) is 22.8. The first-order valence-electron chi connectivity index (χ1n) is 11.1. The van der Waals surface area contributed by atoms with Gasteiger partial charge in [0.05, 0.1) is 11.3 Å². The molecule has 1 aliphatic heterocycles. The molecular formula is C22H30F3N3O5S3. The average Bonchev–Trinajstić information content (AvgIpc) is 3.37. The van der Waals surface area contributed by atoms with Gasteiger partial charge in [-0.05, 0) is 49.9 Å². The Morgan fingerprint density at radius 2 is 1.75 bits per heavy atom. The van der Waals surface area contributed by atoms with E-state index >= 15 is 0 Å². The molecule has 1 saturated heterocycles. The van der Waals surface area contributed by atoms with Crippen molar-refractivity contribution in [2.24, 2.45) is 0 Å². The zero-order chi connectivity index (χ0) is 26.9. The fourth-order valence-electron chi connectivity index (χ4n) is 3.84. The number of sulfonamides is 2. The molecule has 1 N–H and O–H groups in total. The van der Waals surface area contributed by atoms with Gasteiger partial charge in [0.2, 0.25) is 10.0 Å². The summed E-state index contributed by atoms with van der Waals surface area (Å²) in [4.78, 5) is 1.81. The van der Waals surface area contributed by atoms with Crippen molar-refractivity contribution >= 4 is 37.1 Å². The van der Waals surface area contributed by atoms with Gasteiger partial charge < -0.3 is 9.64 Å². The smallest absolute Gasteiger partial charge is 0.365 e. The third-order valence-corrected chi connectivity index (χ3v) is 11.4. The van der Waals surface area contributed by atoms with Crippen LogP contribution in [0.2, 0.25) is 0 Å². The van der Waals surface area contributed by atoms with Gasteiger partial charge in [0.25, 0.3) is 10.0 Å². The highest BCUT2D eigenvalue weighted by Crippen LogP contribution is 2.42. The largest absolute Gasteiger partial charge is 0.421 e. The number of ether oxygens (including phenoxy) is 1. The van der Waals surface area contributed by atoms with Gasteiger partial charge in [-0.2, -0.15) is 17.5 Å². The van der Waals surface area contributed by atoms with Gasteiger partial charge in [-0.1, -0.05) is 18.2 Å². The minimum absolute atomic E-state index is 0.000930. The number of thiophene rings is 1. The van der Waals surface area contributed by atoms with Gasteiger partial charge in [-0.25, -0.2) is 21.6 Å². The predicted molar refractivity (Wildman–Crippen MR) is 133 cm³/mol. The Labute approximate surface area is 214 Å². The molecule has 1 aromatic carbocycles. The fourth-order valence-corrected chi connectivity index (χ4v) is 7.22. The highest BCUT2D eigenvalue weighted by molar-refractivity contribution is 7.91. The molecule has 1 aromatic heterocycles. The maximum Gasteiger partial charge on any atom is 0.421 e. The van der Waals surface area contributed by atoms with E-state index in [1.807, 2.05) is 4.90 Å². The summed E-state index contributed by atoms with van der Waals surface area (Å²) in [7, 11) is -6.40.